The Morgan fingerprint density at radius 1 is 0.178 bits per heavy atom. The van der Waals surface area contributed by atoms with Gasteiger partial charge in [-0.1, -0.05) is 0 Å². The third kappa shape index (κ3) is 33.5. The maximum absolute atomic E-state index is 12.9. The zero-order valence-electron chi connectivity index (χ0n) is 46.4. The van der Waals surface area contributed by atoms with E-state index in [9.17, 15) is 182 Å². The molecule has 4 rings (SSSR count). The van der Waals surface area contributed by atoms with Crippen LogP contribution in [0.5, 0.6) is 0 Å². The van der Waals surface area contributed by atoms with Crippen molar-refractivity contribution < 1.29 is 273 Å². The molecule has 600 valence electrons. The number of ether oxygens (including phenoxy) is 7. The molecule has 14 N–H and O–H groups in total. The van der Waals surface area contributed by atoms with Gasteiger partial charge in [0, 0.05) is 0 Å². The summed E-state index contributed by atoms with van der Waals surface area (Å²) >= 11 is 0. The summed E-state index contributed by atoms with van der Waals surface area (Å²) in [5, 5.41) is 0. The van der Waals surface area contributed by atoms with Gasteiger partial charge < -0.3 is 33.2 Å². The van der Waals surface area contributed by atoms with Crippen LogP contribution in [-0.4, -0.2) is 331 Å². The molecule has 101 heavy (non-hydrogen) atoms. The summed E-state index contributed by atoms with van der Waals surface area (Å²) < 4.78 is 574. The van der Waals surface area contributed by atoms with Gasteiger partial charge in [0.05, 0.1) is 26.4 Å². The highest BCUT2D eigenvalue weighted by Crippen LogP contribution is 2.42. The van der Waals surface area contributed by atoms with E-state index in [2.05, 4.69) is 58.6 Å². The van der Waals surface area contributed by atoms with Gasteiger partial charge in [0.1, 0.15) is 79.4 Å². The van der Waals surface area contributed by atoms with Crippen LogP contribution in [0.2, 0.25) is 0 Å². The van der Waals surface area contributed by atoms with Gasteiger partial charge in [0.15, 0.2) is 43.5 Å². The van der Waals surface area contributed by atoms with E-state index in [1.807, 2.05) is 0 Å². The molecule has 20 atom stereocenters. The van der Waals surface area contributed by atoms with Crippen LogP contribution in [0, 0.1) is 0 Å². The summed E-state index contributed by atoms with van der Waals surface area (Å²) in [6, 6.07) is 0. The summed E-state index contributed by atoms with van der Waals surface area (Å²) in [4.78, 5) is 0. The van der Waals surface area contributed by atoms with E-state index in [-0.39, 0.29) is 0 Å². The van der Waals surface area contributed by atoms with E-state index < -0.39 is 295 Å². The normalized spacial score (nSPS) is 32.5. The molecule has 0 aliphatic carbocycles. The molecule has 0 aromatic heterocycles. The van der Waals surface area contributed by atoms with Gasteiger partial charge in [-0.15, -0.1) is 0 Å². The molecular weight excluding hydrogens is 1750 g/mol. The average Bonchev–Trinajstić information content (AvgIpc) is 0.755. The van der Waals surface area contributed by atoms with Crippen molar-refractivity contribution in [3.05, 3.63) is 0 Å². The molecule has 0 amide bonds. The Kier molecular flexibility index (Phi) is 29.8. The van der Waals surface area contributed by atoms with Gasteiger partial charge in [-0.25, -0.2) is 58.6 Å². The molecule has 4 aliphatic rings. The number of hydrogen-bond donors (Lipinski definition) is 14. The van der Waals surface area contributed by atoms with Crippen LogP contribution in [0.3, 0.4) is 0 Å². The molecule has 77 heteroatoms. The highest BCUT2D eigenvalue weighted by atomic mass is 32.3. The Balaban J connectivity index is 2.27. The first-order chi connectivity index (χ1) is 44.7. The Bertz CT molecular complexity index is 4610. The maximum atomic E-state index is 12.9. The summed E-state index contributed by atoms with van der Waals surface area (Å²) in [5.74, 6) is 0. The van der Waals surface area contributed by atoms with Crippen molar-refractivity contribution in [3.8, 4) is 0 Å². The fraction of sp³-hybridized carbons (Fsp3) is 1.00. The van der Waals surface area contributed by atoms with Crippen molar-refractivity contribution in [1.29, 1.82) is 0 Å². The first-order valence-electron chi connectivity index (χ1n) is 23.3. The van der Waals surface area contributed by atoms with Gasteiger partial charge in [-0.3, -0.25) is 63.7 Å². The topological polar surface area (TPSA) is 955 Å². The highest BCUT2D eigenvalue weighted by Gasteiger charge is 2.63. The molecule has 4 heterocycles. The van der Waals surface area contributed by atoms with Gasteiger partial charge in [0.25, 0.3) is 0 Å². The van der Waals surface area contributed by atoms with Crippen molar-refractivity contribution in [1.82, 2.24) is 0 Å². The van der Waals surface area contributed by atoms with E-state index in [0.29, 0.717) is 0 Å². The zero-order valence-corrected chi connectivity index (χ0v) is 57.8. The van der Waals surface area contributed by atoms with E-state index in [4.69, 9.17) is 33.2 Å². The summed E-state index contributed by atoms with van der Waals surface area (Å²) in [6.07, 6.45) is -74.8. The predicted octanol–water partition coefficient (Wildman–Crippen LogP) is -12.2. The lowest BCUT2D eigenvalue weighted by Crippen LogP contribution is -2.69. The minimum absolute atomic E-state index is 2.21. The third-order valence-electron chi connectivity index (χ3n) is 11.1. The number of rotatable bonds is 38. The Morgan fingerprint density at radius 2 is 0.327 bits per heavy atom. The first-order valence-corrected chi connectivity index (χ1v) is 42.4. The van der Waals surface area contributed by atoms with Crippen molar-refractivity contribution in [3.63, 3.8) is 0 Å². The SMILES string of the molecule is O=S(=O)(O)OC[C@@H]1O[C@H](O[C@H]2O[C@@H](COS(=O)(=O)O)[C@@H](O[C@@H]3O[C@@H](COS(=O)(=O)O)[C@@H](OS(=O)(=O)O)[C@H](OS(=O)(=O)O)[C@@H]3O[C@@H]3O[C@@H](COS(=O)(=O)O)[C@@H](OS(=O)(=O)O)[C@H](OS(=O)(=O)O)[C@@H]3OS(=O)(=O)O)[C@H](OS(=O)(=O)O)[C@@H]2OS(=O)(=O)O)[C@@H](OS(=O)(=O)O)[C@@H](OS(=O)(=O)O)[C@H]1OS(=O)(=O)O. The Hall–Kier alpha value is -2.10. The van der Waals surface area contributed by atoms with Gasteiger partial charge >= 0.3 is 146 Å². The van der Waals surface area contributed by atoms with Crippen LogP contribution in [0.4, 0.5) is 0 Å². The standard InChI is InChI=1S/C24H42O63S14/c25-88(26,27)67-1-5-9(13(81-95(46,47)48)18(85-99(58,59)60)23(71-5)77-24-20(87-101(64,65)66)16(84-98(55,56)57)12(80-94(43,44)45)8(74-24)4-70-91(34,35)36)75-21-17(14(82-96(49,50)51)10(78-92(37,38)39)6(72-21)2-68-89(28,29)30)76-22-19(86-100(61,62)63)15(83-97(52,53)54)11(79-93(40,41)42)7(73-22)3-69-90(31,32)33/h5-24H,1-4H2,(H,25,26,27)(H,28,29,30)(H,31,32,33)(H,34,35,36)(H,37,38,39)(H,40,41,42)(H,43,44,45)(H,46,47,48)(H,49,50,51)(H,52,53,54)(H,55,56,57)(H,58,59,60)(H,61,62,63)(H,64,65,66)/t5-,6-,7-,8-,9+,10+,11+,12-,13-,14-,15-,16-,17-,18-,19-,20-,21-,22-,23+,24+/m0/s1. The van der Waals surface area contributed by atoms with Crippen molar-refractivity contribution >= 4 is 146 Å². The van der Waals surface area contributed by atoms with Crippen molar-refractivity contribution in [2.24, 2.45) is 0 Å². The lowest BCUT2D eigenvalue weighted by Gasteiger charge is -2.50. The molecule has 0 aromatic carbocycles. The van der Waals surface area contributed by atoms with Crippen LogP contribution < -0.4 is 0 Å². The molecule has 4 aliphatic heterocycles. The van der Waals surface area contributed by atoms with E-state index in [1.165, 1.54) is 0 Å². The van der Waals surface area contributed by atoms with Crippen molar-refractivity contribution in [2.75, 3.05) is 26.4 Å². The molecular formula is C24H42O63S14. The minimum atomic E-state index is -6.87. The van der Waals surface area contributed by atoms with Crippen LogP contribution >= 0.6 is 0 Å². The monoisotopic (exact) mass is 1790 g/mol. The zero-order chi connectivity index (χ0) is 78.2. The second-order valence-corrected chi connectivity index (χ2v) is 33.1. The summed E-state index contributed by atoms with van der Waals surface area (Å²) in [5.41, 5.74) is 0. The minimum Gasteiger partial charge on any atom is -0.341 e. The van der Waals surface area contributed by atoms with Crippen LogP contribution in [-0.2, 0) is 237 Å². The van der Waals surface area contributed by atoms with E-state index in [1.54, 1.807) is 0 Å². The average molecular weight is 1790 g/mol. The molecule has 0 aromatic rings. The molecule has 4 fully saturated rings. The molecule has 0 bridgehead atoms. The second-order valence-electron chi connectivity index (χ2n) is 18.2. The lowest BCUT2D eigenvalue weighted by atomic mass is 9.96. The first kappa shape index (κ1) is 91.3. The second kappa shape index (κ2) is 33.0. The smallest absolute Gasteiger partial charge is 0.341 e. The van der Waals surface area contributed by atoms with E-state index >= 15 is 0 Å². The van der Waals surface area contributed by atoms with E-state index in [0.717, 1.165) is 0 Å². The molecule has 0 saturated carbocycles. The largest absolute Gasteiger partial charge is 0.397 e. The Labute approximate surface area is 564 Å². The molecule has 0 unspecified atom stereocenters. The summed E-state index contributed by atoms with van der Waals surface area (Å²) in [6.45, 7) is -9.35. The fourth-order valence-corrected chi connectivity index (χ4v) is 14.6. The third-order valence-corrected chi connectivity index (χ3v) is 17.5. The quantitative estimate of drug-likeness (QED) is 0.0255. The van der Waals surface area contributed by atoms with Crippen LogP contribution in [0.1, 0.15) is 0 Å². The molecule has 4 saturated heterocycles. The lowest BCUT2D eigenvalue weighted by molar-refractivity contribution is -0.393. The fourth-order valence-electron chi connectivity index (χ4n) is 8.35. The number of hydrogen-bond acceptors (Lipinski definition) is 49. The van der Waals surface area contributed by atoms with Crippen LogP contribution in [0.25, 0.3) is 0 Å². The predicted molar refractivity (Wildman–Crippen MR) is 280 cm³/mol. The summed E-state index contributed by atoms with van der Waals surface area (Å²) in [7, 11) is -90.8. The van der Waals surface area contributed by atoms with Crippen molar-refractivity contribution in [2.45, 2.75) is 123 Å². The molecule has 63 nitrogen and oxygen atoms in total. The van der Waals surface area contributed by atoms with Gasteiger partial charge in [0.2, 0.25) is 0 Å². The Morgan fingerprint density at radius 3 is 0.535 bits per heavy atom. The highest BCUT2D eigenvalue weighted by molar-refractivity contribution is 7.84. The van der Waals surface area contributed by atoms with Crippen LogP contribution in [0.15, 0.2) is 0 Å². The maximum Gasteiger partial charge on any atom is 0.397 e. The van der Waals surface area contributed by atoms with Gasteiger partial charge in [-0.2, -0.15) is 118 Å². The molecule has 0 spiro atoms. The molecule has 0 radical (unpaired) electrons. The van der Waals surface area contributed by atoms with Gasteiger partial charge in [-0.05, 0) is 0 Å².